The van der Waals surface area contributed by atoms with Gasteiger partial charge in [0.05, 0.1) is 5.16 Å². The molecule has 4 nitrogen and oxygen atoms in total. The molecule has 68 valence electrons. The summed E-state index contributed by atoms with van der Waals surface area (Å²) in [6, 6.07) is 0. The Balaban J connectivity index is 2.69. The van der Waals surface area contributed by atoms with E-state index in [0.29, 0.717) is 17.4 Å². The minimum absolute atomic E-state index is 0.0627. The molecule has 0 spiro atoms. The number of thiazole rings is 1. The van der Waals surface area contributed by atoms with Crippen molar-refractivity contribution in [3.63, 3.8) is 0 Å². The van der Waals surface area contributed by atoms with Gasteiger partial charge < -0.3 is 5.32 Å². The van der Waals surface area contributed by atoms with Crippen LogP contribution in [0.15, 0.2) is 10.4 Å². The second kappa shape index (κ2) is 4.81. The molecule has 0 aromatic carbocycles. The summed E-state index contributed by atoms with van der Waals surface area (Å²) < 4.78 is 0. The summed E-state index contributed by atoms with van der Waals surface area (Å²) in [4.78, 5) is 18.6. The molecule has 6 heteroatoms. The number of aromatic nitrogens is 1. The average molecular weight is 213 g/mol. The van der Waals surface area contributed by atoms with E-state index in [9.17, 15) is 4.79 Å². The van der Waals surface area contributed by atoms with Crippen molar-refractivity contribution in [2.24, 2.45) is 4.99 Å². The van der Waals surface area contributed by atoms with Crippen molar-refractivity contribution in [2.75, 3.05) is 5.32 Å². The molecule has 0 radical (unpaired) electrons. The summed E-state index contributed by atoms with van der Waals surface area (Å²) in [5, 5.41) is 7.06. The average Bonchev–Trinajstić information content (AvgIpc) is 2.53. The molecular weight excluding hydrogens is 206 g/mol. The van der Waals surface area contributed by atoms with Crippen molar-refractivity contribution in [3.05, 3.63) is 5.38 Å². The summed E-state index contributed by atoms with van der Waals surface area (Å²) in [6.45, 7) is 1.78. The first-order valence-electron chi connectivity index (χ1n) is 3.59. The van der Waals surface area contributed by atoms with Gasteiger partial charge in [-0.25, -0.2) is 0 Å². The number of rotatable bonds is 3. The number of carbonyl (C=O) groups is 1. The van der Waals surface area contributed by atoms with E-state index < -0.39 is 0 Å². The molecule has 0 unspecified atom stereocenters. The fourth-order valence-corrected chi connectivity index (χ4v) is 1.36. The SMILES string of the molecule is CCC(=O)Nc1nc(N=C=S)cs1. The van der Waals surface area contributed by atoms with Gasteiger partial charge in [-0.3, -0.25) is 4.79 Å². The number of thiocarbonyl (C=S) groups is 1. The van der Waals surface area contributed by atoms with Crippen LogP contribution in [-0.2, 0) is 4.79 Å². The fraction of sp³-hybridized carbons (Fsp3) is 0.286. The van der Waals surface area contributed by atoms with Crippen LogP contribution < -0.4 is 5.32 Å². The number of nitrogens with one attached hydrogen (secondary N) is 1. The highest BCUT2D eigenvalue weighted by Crippen LogP contribution is 2.20. The first-order valence-corrected chi connectivity index (χ1v) is 4.88. The zero-order chi connectivity index (χ0) is 9.68. The van der Waals surface area contributed by atoms with Crippen molar-refractivity contribution in [1.82, 2.24) is 4.98 Å². The first kappa shape index (κ1) is 9.98. The molecule has 0 saturated heterocycles. The highest BCUT2D eigenvalue weighted by atomic mass is 32.1. The summed E-state index contributed by atoms with van der Waals surface area (Å²) >= 11 is 5.72. The Morgan fingerprint density at radius 1 is 1.92 bits per heavy atom. The third kappa shape index (κ3) is 3.02. The Morgan fingerprint density at radius 3 is 3.31 bits per heavy atom. The molecule has 1 aromatic rings. The molecule has 0 bridgehead atoms. The van der Waals surface area contributed by atoms with Crippen molar-refractivity contribution in [3.8, 4) is 0 Å². The molecule has 13 heavy (non-hydrogen) atoms. The van der Waals surface area contributed by atoms with Crippen molar-refractivity contribution >= 4 is 45.6 Å². The maximum Gasteiger partial charge on any atom is 0.225 e. The van der Waals surface area contributed by atoms with Crippen molar-refractivity contribution in [1.29, 1.82) is 0 Å². The van der Waals surface area contributed by atoms with E-state index in [2.05, 4.69) is 32.7 Å². The topological polar surface area (TPSA) is 54.4 Å². The van der Waals surface area contributed by atoms with Crippen molar-refractivity contribution < 1.29 is 4.79 Å². The number of anilines is 1. The molecule has 1 N–H and O–H groups in total. The normalized spacial score (nSPS) is 9.00. The van der Waals surface area contributed by atoms with Gasteiger partial charge in [0.1, 0.15) is 0 Å². The van der Waals surface area contributed by atoms with E-state index in [-0.39, 0.29) is 5.91 Å². The fourth-order valence-electron chi connectivity index (χ4n) is 0.628. The second-order valence-electron chi connectivity index (χ2n) is 2.12. The first-order chi connectivity index (χ1) is 6.26. The van der Waals surface area contributed by atoms with Crippen LogP contribution in [-0.4, -0.2) is 16.1 Å². The second-order valence-corrected chi connectivity index (χ2v) is 3.16. The van der Waals surface area contributed by atoms with Gasteiger partial charge in [0.25, 0.3) is 0 Å². The Morgan fingerprint density at radius 2 is 2.69 bits per heavy atom. The lowest BCUT2D eigenvalue weighted by Gasteiger charge is -1.95. The maximum atomic E-state index is 10.9. The molecule has 1 aromatic heterocycles. The molecule has 1 heterocycles. The minimum Gasteiger partial charge on any atom is -0.302 e. The lowest BCUT2D eigenvalue weighted by atomic mass is 10.5. The van der Waals surface area contributed by atoms with Gasteiger partial charge in [-0.15, -0.1) is 11.3 Å². The number of hydrogen-bond acceptors (Lipinski definition) is 5. The van der Waals surface area contributed by atoms with Gasteiger partial charge in [0.2, 0.25) is 5.91 Å². The maximum absolute atomic E-state index is 10.9. The zero-order valence-electron chi connectivity index (χ0n) is 6.90. The lowest BCUT2D eigenvalue weighted by Crippen LogP contribution is -2.08. The summed E-state index contributed by atoms with van der Waals surface area (Å²) in [7, 11) is 0. The highest BCUT2D eigenvalue weighted by molar-refractivity contribution is 7.78. The minimum atomic E-state index is -0.0627. The van der Waals surface area contributed by atoms with E-state index in [4.69, 9.17) is 0 Å². The van der Waals surface area contributed by atoms with Crippen LogP contribution in [0.3, 0.4) is 0 Å². The van der Waals surface area contributed by atoms with Gasteiger partial charge in [0.15, 0.2) is 10.9 Å². The molecule has 0 atom stereocenters. The van der Waals surface area contributed by atoms with Crippen LogP contribution in [0.2, 0.25) is 0 Å². The van der Waals surface area contributed by atoms with Gasteiger partial charge >= 0.3 is 0 Å². The van der Waals surface area contributed by atoms with Gasteiger partial charge in [0, 0.05) is 11.8 Å². The Labute approximate surface area is 84.7 Å². The quantitative estimate of drug-likeness (QED) is 0.618. The van der Waals surface area contributed by atoms with Crippen LogP contribution in [0.25, 0.3) is 0 Å². The molecular formula is C7H7N3OS2. The van der Waals surface area contributed by atoms with Crippen LogP contribution in [0.1, 0.15) is 13.3 Å². The molecule has 0 aliphatic carbocycles. The largest absolute Gasteiger partial charge is 0.302 e. The Kier molecular flexibility index (Phi) is 3.70. The van der Waals surface area contributed by atoms with Crippen LogP contribution in [0.5, 0.6) is 0 Å². The molecule has 0 fully saturated rings. The highest BCUT2D eigenvalue weighted by Gasteiger charge is 2.03. The molecule has 0 aliphatic rings. The number of nitrogens with zero attached hydrogens (tertiary/aromatic N) is 2. The molecule has 0 saturated carbocycles. The third-order valence-electron chi connectivity index (χ3n) is 1.22. The van der Waals surface area contributed by atoms with Gasteiger partial charge in [-0.1, -0.05) is 6.92 Å². The summed E-state index contributed by atoms with van der Waals surface area (Å²) in [5.74, 6) is 0.415. The third-order valence-corrected chi connectivity index (χ3v) is 2.06. The van der Waals surface area contributed by atoms with E-state index in [1.165, 1.54) is 11.3 Å². The molecule has 1 amide bonds. The number of hydrogen-bond donors (Lipinski definition) is 1. The summed E-state index contributed by atoms with van der Waals surface area (Å²) in [5.41, 5.74) is 0. The summed E-state index contributed by atoms with van der Waals surface area (Å²) in [6.07, 6.45) is 0.436. The zero-order valence-corrected chi connectivity index (χ0v) is 8.54. The van der Waals surface area contributed by atoms with E-state index in [1.807, 2.05) is 0 Å². The standard InChI is InChI=1S/C7H7N3OS2/c1-2-6(11)10-7-9-5(3-13-7)8-4-12/h3H,2H2,1H3,(H,9,10,11). The number of amides is 1. The van der Waals surface area contributed by atoms with Gasteiger partial charge in [-0.2, -0.15) is 9.98 Å². The number of isothiocyanates is 1. The van der Waals surface area contributed by atoms with E-state index in [0.717, 1.165) is 0 Å². The van der Waals surface area contributed by atoms with Crippen LogP contribution in [0.4, 0.5) is 10.9 Å². The smallest absolute Gasteiger partial charge is 0.225 e. The predicted octanol–water partition coefficient (Wildman–Crippen LogP) is 2.23. The monoisotopic (exact) mass is 213 g/mol. The Hall–Kier alpha value is -1.10. The van der Waals surface area contributed by atoms with E-state index >= 15 is 0 Å². The van der Waals surface area contributed by atoms with Crippen LogP contribution in [0, 0.1) is 0 Å². The number of aliphatic imine (C=N–C) groups is 1. The lowest BCUT2D eigenvalue weighted by molar-refractivity contribution is -0.115. The molecule has 1 rings (SSSR count). The van der Waals surface area contributed by atoms with Gasteiger partial charge in [-0.05, 0) is 12.2 Å². The Bertz CT molecular complexity index is 354. The van der Waals surface area contributed by atoms with E-state index in [1.54, 1.807) is 12.3 Å². The predicted molar refractivity (Wildman–Crippen MR) is 55.7 cm³/mol. The van der Waals surface area contributed by atoms with Crippen LogP contribution >= 0.6 is 23.6 Å². The van der Waals surface area contributed by atoms with Crippen molar-refractivity contribution in [2.45, 2.75) is 13.3 Å². The number of carbonyl (C=O) groups excluding carboxylic acids is 1. The molecule has 0 aliphatic heterocycles.